The van der Waals surface area contributed by atoms with Crippen molar-refractivity contribution in [3.05, 3.63) is 77.7 Å². The third kappa shape index (κ3) is 3.51. The number of aromatic nitrogens is 1. The third-order valence-corrected chi connectivity index (χ3v) is 5.60. The molecular weight excluding hydrogens is 372 g/mol. The number of hydrogen-bond acceptors (Lipinski definition) is 5. The number of para-hydroxylation sites is 1. The molecule has 0 N–H and O–H groups in total. The highest BCUT2D eigenvalue weighted by Crippen LogP contribution is 2.33. The van der Waals surface area contributed by atoms with Gasteiger partial charge in [0.05, 0.1) is 30.1 Å². The molecule has 2 heterocycles. The van der Waals surface area contributed by atoms with E-state index >= 15 is 0 Å². The van der Waals surface area contributed by atoms with Crippen LogP contribution in [0.4, 0.5) is 5.13 Å². The standard InChI is InChI=1S/C22H20N2O3S/c1-3-15-7-5-11-19-20(15)23-22(28-19)24(14-18-10-6-12-27-18)21(25)16-8-4-9-17(13-16)26-2/h4-13H,3,14H2,1-2H3. The topological polar surface area (TPSA) is 55.6 Å². The van der Waals surface area contributed by atoms with Crippen LogP contribution in [0.25, 0.3) is 10.2 Å². The number of benzene rings is 2. The fourth-order valence-corrected chi connectivity index (χ4v) is 4.10. The molecule has 142 valence electrons. The van der Waals surface area contributed by atoms with Crippen LogP contribution >= 0.6 is 11.3 Å². The molecule has 0 fully saturated rings. The van der Waals surface area contributed by atoms with Gasteiger partial charge in [0.2, 0.25) is 0 Å². The number of methoxy groups -OCH3 is 1. The lowest BCUT2D eigenvalue weighted by Gasteiger charge is -2.19. The summed E-state index contributed by atoms with van der Waals surface area (Å²) in [5, 5.41) is 0.653. The molecule has 0 spiro atoms. The Balaban J connectivity index is 1.78. The molecule has 28 heavy (non-hydrogen) atoms. The molecule has 0 radical (unpaired) electrons. The molecule has 0 aliphatic carbocycles. The SMILES string of the molecule is CCc1cccc2sc(N(Cc3ccco3)C(=O)c3cccc(OC)c3)nc12. The van der Waals surface area contributed by atoms with Crippen molar-refractivity contribution in [2.45, 2.75) is 19.9 Å². The number of anilines is 1. The van der Waals surface area contributed by atoms with Crippen LogP contribution in [0.5, 0.6) is 5.75 Å². The van der Waals surface area contributed by atoms with Gasteiger partial charge in [-0.05, 0) is 48.4 Å². The van der Waals surface area contributed by atoms with E-state index in [2.05, 4.69) is 13.0 Å². The van der Waals surface area contributed by atoms with E-state index in [9.17, 15) is 4.79 Å². The van der Waals surface area contributed by atoms with Gasteiger partial charge in [0.25, 0.3) is 5.91 Å². The first-order valence-electron chi connectivity index (χ1n) is 9.06. The number of aryl methyl sites for hydroxylation is 1. The van der Waals surface area contributed by atoms with Gasteiger partial charge in [-0.1, -0.05) is 36.5 Å². The Bertz CT molecular complexity index is 1100. The van der Waals surface area contributed by atoms with Gasteiger partial charge in [-0.3, -0.25) is 9.69 Å². The number of carbonyl (C=O) groups is 1. The number of furan rings is 1. The number of ether oxygens (including phenoxy) is 1. The largest absolute Gasteiger partial charge is 0.497 e. The molecule has 0 saturated heterocycles. The van der Waals surface area contributed by atoms with Crippen molar-refractivity contribution in [3.8, 4) is 5.75 Å². The lowest BCUT2D eigenvalue weighted by molar-refractivity contribution is 0.0983. The zero-order valence-electron chi connectivity index (χ0n) is 15.7. The summed E-state index contributed by atoms with van der Waals surface area (Å²) in [4.78, 5) is 19.8. The van der Waals surface area contributed by atoms with Gasteiger partial charge in [0.1, 0.15) is 11.5 Å². The molecule has 0 aliphatic rings. The maximum absolute atomic E-state index is 13.4. The van der Waals surface area contributed by atoms with Crippen molar-refractivity contribution in [2.75, 3.05) is 12.0 Å². The Morgan fingerprint density at radius 3 is 2.79 bits per heavy atom. The average molecular weight is 392 g/mol. The molecule has 2 aromatic heterocycles. The molecule has 4 aromatic rings. The van der Waals surface area contributed by atoms with Crippen molar-refractivity contribution < 1.29 is 13.9 Å². The predicted octanol–water partition coefficient (Wildman–Crippen LogP) is 5.31. The Morgan fingerprint density at radius 1 is 1.18 bits per heavy atom. The number of amides is 1. The number of thiazole rings is 1. The van der Waals surface area contributed by atoms with E-state index in [0.29, 0.717) is 28.7 Å². The highest BCUT2D eigenvalue weighted by molar-refractivity contribution is 7.22. The highest BCUT2D eigenvalue weighted by Gasteiger charge is 2.23. The monoisotopic (exact) mass is 392 g/mol. The summed E-state index contributed by atoms with van der Waals surface area (Å²) in [6, 6.07) is 17.0. The smallest absolute Gasteiger partial charge is 0.260 e. The van der Waals surface area contributed by atoms with Crippen molar-refractivity contribution in [1.82, 2.24) is 4.98 Å². The van der Waals surface area contributed by atoms with Crippen molar-refractivity contribution >= 4 is 32.6 Å². The Morgan fingerprint density at radius 2 is 2.04 bits per heavy atom. The predicted molar refractivity (Wildman–Crippen MR) is 111 cm³/mol. The number of fused-ring (bicyclic) bond motifs is 1. The Hall–Kier alpha value is -3.12. The maximum Gasteiger partial charge on any atom is 0.260 e. The van der Waals surface area contributed by atoms with Crippen LogP contribution in [-0.2, 0) is 13.0 Å². The molecule has 2 aromatic carbocycles. The Kier molecular flexibility index (Phi) is 5.12. The maximum atomic E-state index is 13.4. The van der Waals surface area contributed by atoms with Crippen molar-refractivity contribution in [3.63, 3.8) is 0 Å². The van der Waals surface area contributed by atoms with Crippen LogP contribution in [0.2, 0.25) is 0 Å². The molecule has 0 aliphatic heterocycles. The van der Waals surface area contributed by atoms with Crippen LogP contribution in [0.15, 0.2) is 65.3 Å². The van der Waals surface area contributed by atoms with Gasteiger partial charge >= 0.3 is 0 Å². The normalized spacial score (nSPS) is 10.9. The van der Waals surface area contributed by atoms with Crippen LogP contribution in [-0.4, -0.2) is 18.0 Å². The Labute approximate surface area is 167 Å². The first kappa shape index (κ1) is 18.3. The van der Waals surface area contributed by atoms with Crippen LogP contribution < -0.4 is 9.64 Å². The van der Waals surface area contributed by atoms with E-state index in [-0.39, 0.29) is 5.91 Å². The molecule has 1 amide bonds. The summed E-state index contributed by atoms with van der Waals surface area (Å²) in [5.74, 6) is 1.19. The second-order valence-corrected chi connectivity index (χ2v) is 7.33. The minimum absolute atomic E-state index is 0.146. The molecular formula is C22H20N2O3S. The van der Waals surface area contributed by atoms with E-state index in [4.69, 9.17) is 14.1 Å². The third-order valence-electron chi connectivity index (χ3n) is 4.56. The zero-order valence-corrected chi connectivity index (χ0v) is 16.5. The average Bonchev–Trinajstić information content (AvgIpc) is 3.40. The minimum Gasteiger partial charge on any atom is -0.497 e. The molecule has 5 nitrogen and oxygen atoms in total. The number of rotatable bonds is 6. The van der Waals surface area contributed by atoms with Gasteiger partial charge < -0.3 is 9.15 Å². The summed E-state index contributed by atoms with van der Waals surface area (Å²) < 4.78 is 11.8. The minimum atomic E-state index is -0.146. The van der Waals surface area contributed by atoms with E-state index in [0.717, 1.165) is 16.6 Å². The summed E-state index contributed by atoms with van der Waals surface area (Å²) in [6.07, 6.45) is 2.50. The van der Waals surface area contributed by atoms with E-state index < -0.39 is 0 Å². The number of carbonyl (C=O) groups excluding carboxylic acids is 1. The van der Waals surface area contributed by atoms with Crippen molar-refractivity contribution in [1.29, 1.82) is 0 Å². The molecule has 4 rings (SSSR count). The first-order chi connectivity index (χ1) is 13.7. The van der Waals surface area contributed by atoms with Crippen LogP contribution in [0.1, 0.15) is 28.6 Å². The number of nitrogens with zero attached hydrogens (tertiary/aromatic N) is 2. The van der Waals surface area contributed by atoms with Gasteiger partial charge in [-0.2, -0.15) is 0 Å². The molecule has 6 heteroatoms. The second kappa shape index (κ2) is 7.86. The summed E-state index contributed by atoms with van der Waals surface area (Å²) >= 11 is 1.51. The fourth-order valence-electron chi connectivity index (χ4n) is 3.09. The van der Waals surface area contributed by atoms with Gasteiger partial charge in [0.15, 0.2) is 5.13 Å². The molecule has 0 bridgehead atoms. The summed E-state index contributed by atoms with van der Waals surface area (Å²) in [5.41, 5.74) is 2.67. The number of hydrogen-bond donors (Lipinski definition) is 0. The molecule has 0 atom stereocenters. The molecule has 0 unspecified atom stereocenters. The van der Waals surface area contributed by atoms with E-state index in [1.165, 1.54) is 16.9 Å². The second-order valence-electron chi connectivity index (χ2n) is 6.32. The summed E-state index contributed by atoms with van der Waals surface area (Å²) in [7, 11) is 1.59. The lowest BCUT2D eigenvalue weighted by atomic mass is 10.1. The van der Waals surface area contributed by atoms with Crippen LogP contribution in [0.3, 0.4) is 0 Å². The van der Waals surface area contributed by atoms with Crippen molar-refractivity contribution in [2.24, 2.45) is 0 Å². The molecule has 0 saturated carbocycles. The van der Waals surface area contributed by atoms with Gasteiger partial charge in [0, 0.05) is 5.56 Å². The van der Waals surface area contributed by atoms with Crippen LogP contribution in [0, 0.1) is 0 Å². The highest BCUT2D eigenvalue weighted by atomic mass is 32.1. The fraction of sp³-hybridized carbons (Fsp3) is 0.182. The lowest BCUT2D eigenvalue weighted by Crippen LogP contribution is -2.30. The quantitative estimate of drug-likeness (QED) is 0.446. The van der Waals surface area contributed by atoms with Gasteiger partial charge in [-0.25, -0.2) is 4.98 Å². The van der Waals surface area contributed by atoms with E-state index in [1.54, 1.807) is 30.4 Å². The zero-order chi connectivity index (χ0) is 19.5. The summed E-state index contributed by atoms with van der Waals surface area (Å²) in [6.45, 7) is 2.42. The first-order valence-corrected chi connectivity index (χ1v) is 9.88. The van der Waals surface area contributed by atoms with Gasteiger partial charge in [-0.15, -0.1) is 0 Å². The van der Waals surface area contributed by atoms with E-state index in [1.807, 2.05) is 36.4 Å².